The van der Waals surface area contributed by atoms with Gasteiger partial charge in [0.05, 0.1) is 66.6 Å². The highest BCUT2D eigenvalue weighted by Gasteiger charge is 2.27. The Hall–Kier alpha value is -16.6. The van der Waals surface area contributed by atoms with Crippen LogP contribution in [0.25, 0.3) is 243 Å². The van der Waals surface area contributed by atoms with Crippen molar-refractivity contribution in [1.82, 2.24) is 38.2 Å². The number of nitrogens with zero attached hydrogens (tertiary/aromatic N) is 8. The second-order valence-corrected chi connectivity index (χ2v) is 31.5. The van der Waals surface area contributed by atoms with Gasteiger partial charge < -0.3 is 27.1 Å². The summed E-state index contributed by atoms with van der Waals surface area (Å²) in [6.07, 6.45) is 0. The molecule has 0 saturated carbocycles. The summed E-state index contributed by atoms with van der Waals surface area (Å²) in [5.41, 5.74) is 29.5. The van der Waals surface area contributed by atoms with E-state index in [1.165, 1.54) is 70.9 Å². The predicted molar refractivity (Wildman–Crippen MR) is 504 cm³/mol. The maximum Gasteiger partial charge on any atom is 0.160 e. The van der Waals surface area contributed by atoms with E-state index in [-0.39, 0.29) is 0 Å². The summed E-state index contributed by atoms with van der Waals surface area (Å²) >= 11 is 0. The average molecular weight is 1560 g/mol. The molecule has 8 aromatic heterocycles. The van der Waals surface area contributed by atoms with E-state index in [1.807, 2.05) is 54.6 Å². The summed E-state index contributed by atoms with van der Waals surface area (Å²) in [7, 11) is 0. The fourth-order valence-corrected chi connectivity index (χ4v) is 19.1. The van der Waals surface area contributed by atoms with Crippen LogP contribution >= 0.6 is 0 Å². The Labute approximate surface area is 698 Å². The van der Waals surface area contributed by atoms with Crippen molar-refractivity contribution >= 4 is 153 Å². The number of hydrogen-bond acceptors (Lipinski definition) is 6. The number of para-hydroxylation sites is 6. The zero-order chi connectivity index (χ0) is 80.0. The first kappa shape index (κ1) is 68.6. The highest BCUT2D eigenvalue weighted by molar-refractivity contribution is 6.30. The van der Waals surface area contributed by atoms with E-state index in [2.05, 4.69) is 376 Å². The molecule has 8 heterocycles. The minimum absolute atomic E-state index is 0.694. The first-order chi connectivity index (χ1) is 60.5. The van der Waals surface area contributed by atoms with Crippen molar-refractivity contribution in [3.8, 4) is 90.3 Å². The summed E-state index contributed by atoms with van der Waals surface area (Å²) < 4.78 is 22.7. The molecule has 0 unspecified atom stereocenters. The lowest BCUT2D eigenvalue weighted by Gasteiger charge is -2.12. The van der Waals surface area contributed by atoms with Gasteiger partial charge in [0.1, 0.15) is 22.3 Å². The van der Waals surface area contributed by atoms with Crippen LogP contribution in [0.5, 0.6) is 0 Å². The number of hydrogen-bond donors (Lipinski definition) is 0. The summed E-state index contributed by atoms with van der Waals surface area (Å²) in [4.78, 5) is 20.5. The summed E-state index contributed by atoms with van der Waals surface area (Å²) in [5, 5.41) is 16.1. The molecule has 10 heteroatoms. The molecule has 0 fully saturated rings. The molecule has 0 radical (unpaired) electrons. The summed E-state index contributed by atoms with van der Waals surface area (Å²) in [5.74, 6) is 1.40. The van der Waals surface area contributed by atoms with Gasteiger partial charge in [0.25, 0.3) is 0 Å². The number of furan rings is 2. The maximum atomic E-state index is 6.53. The Balaban J connectivity index is 0.000000134. The zero-order valence-electron chi connectivity index (χ0n) is 65.7. The molecule has 26 rings (SSSR count). The molecule has 0 atom stereocenters. The van der Waals surface area contributed by atoms with Crippen LogP contribution in [0.15, 0.2) is 421 Å². The number of rotatable bonds is 10. The Bertz CT molecular complexity index is 8710. The van der Waals surface area contributed by atoms with Gasteiger partial charge in [0.2, 0.25) is 0 Å². The van der Waals surface area contributed by atoms with E-state index in [0.29, 0.717) is 11.6 Å². The lowest BCUT2D eigenvalue weighted by Crippen LogP contribution is -1.97. The Morgan fingerprint density at radius 3 is 0.877 bits per heavy atom. The monoisotopic (exact) mass is 1560 g/mol. The highest BCUT2D eigenvalue weighted by atomic mass is 16.3. The van der Waals surface area contributed by atoms with Crippen LogP contribution in [0.3, 0.4) is 0 Å². The summed E-state index contributed by atoms with van der Waals surface area (Å²) in [6.45, 7) is 0. The molecule has 26 aromatic rings. The van der Waals surface area contributed by atoms with Crippen molar-refractivity contribution in [2.45, 2.75) is 0 Å². The van der Waals surface area contributed by atoms with E-state index in [9.17, 15) is 0 Å². The second-order valence-electron chi connectivity index (χ2n) is 31.5. The summed E-state index contributed by atoms with van der Waals surface area (Å²) in [6, 6.07) is 146. The van der Waals surface area contributed by atoms with Crippen LogP contribution in [0.1, 0.15) is 0 Å². The minimum atomic E-state index is 0.694. The van der Waals surface area contributed by atoms with Crippen LogP contribution < -0.4 is 0 Å². The van der Waals surface area contributed by atoms with Crippen molar-refractivity contribution in [2.24, 2.45) is 0 Å². The minimum Gasteiger partial charge on any atom is -0.456 e. The fourth-order valence-electron chi connectivity index (χ4n) is 19.1. The van der Waals surface area contributed by atoms with Gasteiger partial charge in [-0.2, -0.15) is 0 Å². The van der Waals surface area contributed by atoms with E-state index in [4.69, 9.17) is 28.8 Å². The Morgan fingerprint density at radius 1 is 0.172 bits per heavy atom. The van der Waals surface area contributed by atoms with Gasteiger partial charge in [-0.3, -0.25) is 0 Å². The molecule has 122 heavy (non-hydrogen) atoms. The molecule has 0 N–H and O–H groups in total. The van der Waals surface area contributed by atoms with Gasteiger partial charge in [-0.05, 0) is 156 Å². The average Bonchev–Trinajstić information content (AvgIpc) is 1.54. The second kappa shape index (κ2) is 27.5. The number of benzene rings is 18. The van der Waals surface area contributed by atoms with Crippen molar-refractivity contribution < 1.29 is 8.83 Å². The first-order valence-corrected chi connectivity index (χ1v) is 41.3. The quantitative estimate of drug-likeness (QED) is 0.135. The van der Waals surface area contributed by atoms with Crippen LogP contribution in [0.4, 0.5) is 0 Å². The van der Waals surface area contributed by atoms with Crippen molar-refractivity contribution in [3.05, 3.63) is 413 Å². The van der Waals surface area contributed by atoms with Gasteiger partial charge in [-0.25, -0.2) is 19.9 Å². The predicted octanol–water partition coefficient (Wildman–Crippen LogP) is 29.4. The molecule has 0 aliphatic heterocycles. The van der Waals surface area contributed by atoms with E-state index >= 15 is 0 Å². The largest absolute Gasteiger partial charge is 0.456 e. The highest BCUT2D eigenvalue weighted by Crippen LogP contribution is 2.48. The first-order valence-electron chi connectivity index (χ1n) is 41.3. The lowest BCUT2D eigenvalue weighted by atomic mass is 10.1. The third-order valence-corrected chi connectivity index (χ3v) is 24.7. The standard InChI is InChI=1S/2C56H34N4O/c1-3-13-35(14-4-1)36-23-27-40(28-24-36)60-50-34-52-46(41-17-9-12-22-51(41)61-52)33-45(50)42-31-32-49-53(55(42)60)44-19-8-11-21-48(44)59(49)39-29-25-38(26-30-39)56-57-47-20-10-7-18-43(47)54(58-56)37-15-5-2-6-16-37;1-3-13-35(14-4-1)36-23-27-39(28-24-36)59-48-21-11-8-19-44(48)53-49(59)32-31-42-45-33-46-41-17-9-12-22-51(41)61-52(46)34-50(45)60(55(42)53)40-29-25-38(26-30-40)56-57-47-20-10-7-18-43(47)54(58-56)37-15-5-2-6-16-37/h2*1-34H. The van der Waals surface area contributed by atoms with Crippen LogP contribution in [0, 0.1) is 0 Å². The molecule has 18 aromatic carbocycles. The molecular weight excluding hydrogens is 1490 g/mol. The van der Waals surface area contributed by atoms with Gasteiger partial charge in [-0.1, -0.05) is 267 Å². The van der Waals surface area contributed by atoms with Crippen LogP contribution in [0.2, 0.25) is 0 Å². The molecular formula is C112H68N8O2. The molecule has 10 nitrogen and oxygen atoms in total. The molecule has 568 valence electrons. The molecule has 0 spiro atoms. The van der Waals surface area contributed by atoms with Gasteiger partial charge >= 0.3 is 0 Å². The van der Waals surface area contributed by atoms with Gasteiger partial charge in [-0.15, -0.1) is 0 Å². The third-order valence-electron chi connectivity index (χ3n) is 24.7. The smallest absolute Gasteiger partial charge is 0.160 e. The van der Waals surface area contributed by atoms with Crippen LogP contribution in [-0.4, -0.2) is 38.2 Å². The third kappa shape index (κ3) is 10.9. The number of fused-ring (bicyclic) bond motifs is 22. The Morgan fingerprint density at radius 2 is 0.484 bits per heavy atom. The molecule has 0 aliphatic carbocycles. The lowest BCUT2D eigenvalue weighted by molar-refractivity contribution is 0.669. The molecule has 0 bridgehead atoms. The van der Waals surface area contributed by atoms with E-state index in [1.54, 1.807) is 0 Å². The molecule has 0 aliphatic rings. The van der Waals surface area contributed by atoms with Gasteiger partial charge in [0.15, 0.2) is 11.6 Å². The fraction of sp³-hybridized carbons (Fsp3) is 0. The zero-order valence-corrected chi connectivity index (χ0v) is 65.7. The van der Waals surface area contributed by atoms with Crippen molar-refractivity contribution in [2.75, 3.05) is 0 Å². The molecule has 0 saturated heterocycles. The van der Waals surface area contributed by atoms with Crippen molar-refractivity contribution in [1.29, 1.82) is 0 Å². The number of aromatic nitrogens is 8. The Kier molecular flexibility index (Phi) is 15.5. The normalized spacial score (nSPS) is 11.9. The van der Waals surface area contributed by atoms with Crippen molar-refractivity contribution in [3.63, 3.8) is 0 Å². The van der Waals surface area contributed by atoms with E-state index in [0.717, 1.165) is 161 Å². The van der Waals surface area contributed by atoms with Gasteiger partial charge in [0, 0.05) is 133 Å². The molecule has 0 amide bonds. The topological polar surface area (TPSA) is 97.6 Å². The SMILES string of the molecule is c1ccc(-c2ccc(-n3c4cc5oc6ccccc6c5cc4c4ccc5c(c6ccccc6n5-c5ccc(-c6nc(-c7ccccc7)c7ccccc7n6)cc5)c43)cc2)cc1.c1ccc(-c2ccc(-n3c4ccccc4c4c3ccc3c5cc6c(cc5n(-c5ccc(-c7nc(-c8ccccc8)c8ccccc8n7)cc5)c34)oc3ccccc36)cc2)cc1. The van der Waals surface area contributed by atoms with Crippen LogP contribution in [-0.2, 0) is 0 Å². The van der Waals surface area contributed by atoms with E-state index < -0.39 is 0 Å². The maximum absolute atomic E-state index is 6.53.